The van der Waals surface area contributed by atoms with E-state index in [1.807, 2.05) is 4.90 Å². The number of aromatic nitrogens is 2. The van der Waals surface area contributed by atoms with Gasteiger partial charge in [-0.25, -0.2) is 0 Å². The molecule has 106 valence electrons. The molecular weight excluding hydrogens is 254 g/mol. The van der Waals surface area contributed by atoms with E-state index in [0.717, 1.165) is 31.3 Å². The number of hydrogen-bond acceptors (Lipinski definition) is 2. The van der Waals surface area contributed by atoms with Crippen LogP contribution in [0.5, 0.6) is 0 Å². The number of pyridine rings is 1. The summed E-state index contributed by atoms with van der Waals surface area (Å²) in [5.74, 6) is 0.712. The summed E-state index contributed by atoms with van der Waals surface area (Å²) in [6.07, 6.45) is 5.46. The van der Waals surface area contributed by atoms with E-state index in [4.69, 9.17) is 0 Å². The van der Waals surface area contributed by atoms with Gasteiger partial charge in [0, 0.05) is 37.9 Å². The van der Waals surface area contributed by atoms with Crippen molar-refractivity contribution in [3.05, 3.63) is 34.4 Å². The molecular formula is C15H19N3O2. The highest BCUT2D eigenvalue weighted by molar-refractivity contribution is 6.05. The van der Waals surface area contributed by atoms with Crippen LogP contribution in [0.2, 0.25) is 0 Å². The predicted octanol–water partition coefficient (Wildman–Crippen LogP) is 1.74. The van der Waals surface area contributed by atoms with Crippen molar-refractivity contribution >= 4 is 16.8 Å². The highest BCUT2D eigenvalue weighted by Gasteiger charge is 2.24. The average molecular weight is 273 g/mol. The van der Waals surface area contributed by atoms with Crippen LogP contribution in [0.3, 0.4) is 0 Å². The lowest BCUT2D eigenvalue weighted by atomic mass is 9.98. The fourth-order valence-corrected chi connectivity index (χ4v) is 2.82. The number of aryl methyl sites for hydroxylation is 1. The van der Waals surface area contributed by atoms with E-state index in [-0.39, 0.29) is 11.5 Å². The van der Waals surface area contributed by atoms with Crippen LogP contribution in [0.1, 0.15) is 30.1 Å². The summed E-state index contributed by atoms with van der Waals surface area (Å²) in [5, 5.41) is 0.719. The summed E-state index contributed by atoms with van der Waals surface area (Å²) in [7, 11) is 1.68. The van der Waals surface area contributed by atoms with Gasteiger partial charge in [-0.1, -0.05) is 6.92 Å². The molecule has 0 aromatic carbocycles. The number of likely N-dealkylation sites (tertiary alicyclic amines) is 1. The van der Waals surface area contributed by atoms with Gasteiger partial charge < -0.3 is 14.5 Å². The van der Waals surface area contributed by atoms with Gasteiger partial charge in [-0.15, -0.1) is 0 Å². The zero-order valence-corrected chi connectivity index (χ0v) is 11.8. The summed E-state index contributed by atoms with van der Waals surface area (Å²) in [5.41, 5.74) is 1.01. The lowest BCUT2D eigenvalue weighted by Crippen LogP contribution is -2.38. The number of carbonyl (C=O) groups is 1. The molecule has 1 aliphatic rings. The van der Waals surface area contributed by atoms with Crippen molar-refractivity contribution in [3.63, 3.8) is 0 Å². The Balaban J connectivity index is 2.02. The van der Waals surface area contributed by atoms with Gasteiger partial charge in [-0.3, -0.25) is 9.59 Å². The van der Waals surface area contributed by atoms with Gasteiger partial charge in [0.1, 0.15) is 5.52 Å². The van der Waals surface area contributed by atoms with Crippen molar-refractivity contribution in [2.24, 2.45) is 13.0 Å². The second-order valence-electron chi connectivity index (χ2n) is 5.70. The second kappa shape index (κ2) is 4.81. The van der Waals surface area contributed by atoms with Crippen molar-refractivity contribution in [1.82, 2.24) is 14.5 Å². The largest absolute Gasteiger partial charge is 0.357 e. The molecule has 3 heterocycles. The maximum Gasteiger partial charge on any atom is 0.274 e. The first-order valence-corrected chi connectivity index (χ1v) is 7.04. The summed E-state index contributed by atoms with van der Waals surface area (Å²) < 4.78 is 1.47. The molecule has 1 saturated heterocycles. The molecule has 20 heavy (non-hydrogen) atoms. The fourth-order valence-electron chi connectivity index (χ4n) is 2.82. The van der Waals surface area contributed by atoms with Gasteiger partial charge >= 0.3 is 0 Å². The molecule has 0 spiro atoms. The van der Waals surface area contributed by atoms with Crippen LogP contribution in [0, 0.1) is 5.92 Å². The Hall–Kier alpha value is -2.04. The van der Waals surface area contributed by atoms with E-state index in [2.05, 4.69) is 11.9 Å². The average Bonchev–Trinajstić information content (AvgIpc) is 2.92. The first kappa shape index (κ1) is 13.0. The number of hydrogen-bond donors (Lipinski definition) is 1. The maximum absolute atomic E-state index is 12.7. The zero-order chi connectivity index (χ0) is 14.3. The third kappa shape index (κ3) is 2.03. The Bertz CT molecular complexity index is 705. The van der Waals surface area contributed by atoms with Crippen LogP contribution in [-0.2, 0) is 7.05 Å². The monoisotopic (exact) mass is 273 g/mol. The topological polar surface area (TPSA) is 58.1 Å². The number of fused-ring (bicyclic) bond motifs is 1. The van der Waals surface area contributed by atoms with E-state index in [0.29, 0.717) is 17.0 Å². The fraction of sp³-hybridized carbons (Fsp3) is 0.467. The first-order chi connectivity index (χ1) is 9.58. The Morgan fingerprint density at radius 3 is 2.75 bits per heavy atom. The van der Waals surface area contributed by atoms with Crippen molar-refractivity contribution in [3.8, 4) is 0 Å². The smallest absolute Gasteiger partial charge is 0.274 e. The quantitative estimate of drug-likeness (QED) is 0.860. The lowest BCUT2D eigenvalue weighted by Gasteiger charge is -2.30. The Labute approximate surface area is 117 Å². The predicted molar refractivity (Wildman–Crippen MR) is 77.8 cm³/mol. The highest BCUT2D eigenvalue weighted by Crippen LogP contribution is 2.21. The van der Waals surface area contributed by atoms with Crippen molar-refractivity contribution < 1.29 is 4.79 Å². The third-order valence-corrected chi connectivity index (χ3v) is 4.20. The zero-order valence-electron chi connectivity index (χ0n) is 11.8. The van der Waals surface area contributed by atoms with Crippen molar-refractivity contribution in [2.75, 3.05) is 13.1 Å². The Morgan fingerprint density at radius 1 is 1.35 bits per heavy atom. The third-order valence-electron chi connectivity index (χ3n) is 4.20. The number of nitrogens with one attached hydrogen (secondary N) is 1. The van der Waals surface area contributed by atoms with Gasteiger partial charge in [0.15, 0.2) is 0 Å². The number of amides is 1. The number of aromatic amines is 1. The van der Waals surface area contributed by atoms with Crippen LogP contribution in [0.25, 0.3) is 10.9 Å². The molecule has 0 saturated carbocycles. The number of piperidine rings is 1. The van der Waals surface area contributed by atoms with E-state index < -0.39 is 0 Å². The molecule has 0 unspecified atom stereocenters. The summed E-state index contributed by atoms with van der Waals surface area (Å²) in [6.45, 7) is 3.82. The molecule has 1 amide bonds. The summed E-state index contributed by atoms with van der Waals surface area (Å²) in [4.78, 5) is 29.5. The molecule has 2 aromatic heterocycles. The van der Waals surface area contributed by atoms with Gasteiger partial charge in [0.25, 0.3) is 11.5 Å². The van der Waals surface area contributed by atoms with E-state index in [1.165, 1.54) is 4.57 Å². The molecule has 0 radical (unpaired) electrons. The van der Waals surface area contributed by atoms with Crippen LogP contribution in [-0.4, -0.2) is 33.4 Å². The number of rotatable bonds is 1. The van der Waals surface area contributed by atoms with Crippen molar-refractivity contribution in [2.45, 2.75) is 19.8 Å². The van der Waals surface area contributed by atoms with Crippen LogP contribution in [0.4, 0.5) is 0 Å². The second-order valence-corrected chi connectivity index (χ2v) is 5.70. The maximum atomic E-state index is 12.7. The van der Waals surface area contributed by atoms with Gasteiger partial charge in [-0.05, 0) is 24.8 Å². The molecule has 0 bridgehead atoms. The molecule has 0 aliphatic carbocycles. The summed E-state index contributed by atoms with van der Waals surface area (Å²) >= 11 is 0. The molecule has 3 rings (SSSR count). The molecule has 1 fully saturated rings. The molecule has 5 nitrogen and oxygen atoms in total. The first-order valence-electron chi connectivity index (χ1n) is 7.04. The van der Waals surface area contributed by atoms with E-state index in [1.54, 1.807) is 25.5 Å². The van der Waals surface area contributed by atoms with Gasteiger partial charge in [0.05, 0.1) is 5.56 Å². The molecule has 0 atom stereocenters. The van der Waals surface area contributed by atoms with Gasteiger partial charge in [-0.2, -0.15) is 0 Å². The SMILES string of the molecule is CC1CCN(C(=O)c2cn(C)c(=O)c3[nH]ccc23)CC1. The molecule has 1 aliphatic heterocycles. The van der Waals surface area contributed by atoms with E-state index in [9.17, 15) is 9.59 Å². The van der Waals surface area contributed by atoms with Crippen LogP contribution < -0.4 is 5.56 Å². The minimum atomic E-state index is -0.103. The van der Waals surface area contributed by atoms with E-state index >= 15 is 0 Å². The summed E-state index contributed by atoms with van der Waals surface area (Å²) in [6, 6.07) is 1.80. The number of carbonyl (C=O) groups excluding carboxylic acids is 1. The normalized spacial score (nSPS) is 16.8. The minimum Gasteiger partial charge on any atom is -0.357 e. The Morgan fingerprint density at radius 2 is 2.05 bits per heavy atom. The van der Waals surface area contributed by atoms with Crippen LogP contribution in [0.15, 0.2) is 23.3 Å². The van der Waals surface area contributed by atoms with Gasteiger partial charge in [0.2, 0.25) is 0 Å². The Kier molecular flexibility index (Phi) is 3.12. The highest BCUT2D eigenvalue weighted by atomic mass is 16.2. The number of H-pyrrole nitrogens is 1. The minimum absolute atomic E-state index is 0.0251. The lowest BCUT2D eigenvalue weighted by molar-refractivity contribution is 0.0698. The number of nitrogens with zero attached hydrogens (tertiary/aromatic N) is 2. The molecule has 5 heteroatoms. The molecule has 1 N–H and O–H groups in total. The van der Waals surface area contributed by atoms with Crippen molar-refractivity contribution in [1.29, 1.82) is 0 Å². The standard InChI is InChI=1S/C15H19N3O2/c1-10-4-7-18(8-5-10)14(19)12-9-17(2)15(20)13-11(12)3-6-16-13/h3,6,9-10,16H,4-5,7-8H2,1-2H3. The van der Waals surface area contributed by atoms with Crippen LogP contribution >= 0.6 is 0 Å². The molecule has 2 aromatic rings.